The fraction of sp³-hybridized carbons (Fsp3) is 0.700. The Labute approximate surface area is 156 Å². The van der Waals surface area contributed by atoms with Crippen molar-refractivity contribution < 1.29 is 14.6 Å². The van der Waals surface area contributed by atoms with Crippen LogP contribution in [0.2, 0.25) is 0 Å². The number of carbonyl (C=O) groups is 1. The number of aliphatic hydroxyl groups is 1. The fourth-order valence-electron chi connectivity index (χ4n) is 4.44. The molecule has 0 radical (unpaired) electrons. The summed E-state index contributed by atoms with van der Waals surface area (Å²) in [6.07, 6.45) is 6.90. The summed E-state index contributed by atoms with van der Waals surface area (Å²) in [5.74, 6) is 0.219. The largest absolute Gasteiger partial charge is 0.396 e. The van der Waals surface area contributed by atoms with Gasteiger partial charge in [0.15, 0.2) is 0 Å². The van der Waals surface area contributed by atoms with Gasteiger partial charge in [-0.1, -0.05) is 6.07 Å². The van der Waals surface area contributed by atoms with Gasteiger partial charge in [0.25, 0.3) is 0 Å². The Morgan fingerprint density at radius 1 is 1.35 bits per heavy atom. The third kappa shape index (κ3) is 4.42. The van der Waals surface area contributed by atoms with Gasteiger partial charge in [-0.15, -0.1) is 0 Å². The molecule has 1 atom stereocenters. The Hall–Kier alpha value is -1.50. The van der Waals surface area contributed by atoms with Crippen LogP contribution >= 0.6 is 0 Å². The van der Waals surface area contributed by atoms with Crippen LogP contribution in [0.5, 0.6) is 0 Å². The number of likely N-dealkylation sites (tertiary alicyclic amines) is 2. The molecule has 26 heavy (non-hydrogen) atoms. The molecular formula is C20H31N3O3. The van der Waals surface area contributed by atoms with Crippen molar-refractivity contribution in [3.63, 3.8) is 0 Å². The molecule has 3 rings (SSSR count). The standard InChI is InChI=1S/C20H31N3O3/c1-2-26-16-19(25)23-11-7-20(18(14-23)15-24)5-9-22(10-6-20)13-17-4-3-8-21-12-17/h3-4,8,12,18,24H,2,5-7,9-11,13-16H2,1H3/t18-/m0/s1. The van der Waals surface area contributed by atoms with Crippen LogP contribution in [0.15, 0.2) is 24.5 Å². The first-order chi connectivity index (χ1) is 12.7. The van der Waals surface area contributed by atoms with Crippen molar-refractivity contribution in [2.45, 2.75) is 32.7 Å². The molecule has 2 saturated heterocycles. The van der Waals surface area contributed by atoms with Crippen LogP contribution in [0.4, 0.5) is 0 Å². The number of hydrogen-bond acceptors (Lipinski definition) is 5. The first-order valence-corrected chi connectivity index (χ1v) is 9.74. The van der Waals surface area contributed by atoms with Gasteiger partial charge in [-0.3, -0.25) is 14.7 Å². The summed E-state index contributed by atoms with van der Waals surface area (Å²) in [4.78, 5) is 20.8. The molecule has 1 aromatic rings. The monoisotopic (exact) mass is 361 g/mol. The fourth-order valence-corrected chi connectivity index (χ4v) is 4.44. The van der Waals surface area contributed by atoms with Crippen LogP contribution in [0.3, 0.4) is 0 Å². The number of hydrogen-bond donors (Lipinski definition) is 1. The second-order valence-electron chi connectivity index (χ2n) is 7.61. The highest BCUT2D eigenvalue weighted by atomic mass is 16.5. The van der Waals surface area contributed by atoms with Crippen molar-refractivity contribution in [3.05, 3.63) is 30.1 Å². The Balaban J connectivity index is 1.55. The molecule has 2 aliphatic rings. The van der Waals surface area contributed by atoms with Crippen LogP contribution < -0.4 is 0 Å². The summed E-state index contributed by atoms with van der Waals surface area (Å²) in [6, 6.07) is 4.11. The van der Waals surface area contributed by atoms with E-state index in [1.54, 1.807) is 6.20 Å². The lowest BCUT2D eigenvalue weighted by atomic mass is 9.64. The molecule has 0 unspecified atom stereocenters. The number of pyridine rings is 1. The van der Waals surface area contributed by atoms with E-state index in [2.05, 4.69) is 16.0 Å². The van der Waals surface area contributed by atoms with Gasteiger partial charge < -0.3 is 14.7 Å². The summed E-state index contributed by atoms with van der Waals surface area (Å²) in [5.41, 5.74) is 1.42. The highest BCUT2D eigenvalue weighted by molar-refractivity contribution is 5.77. The highest BCUT2D eigenvalue weighted by Gasteiger charge is 2.45. The first-order valence-electron chi connectivity index (χ1n) is 9.74. The molecule has 3 heterocycles. The molecule has 2 fully saturated rings. The molecule has 0 aromatic carbocycles. The lowest BCUT2D eigenvalue weighted by Gasteiger charge is -2.51. The normalized spacial score (nSPS) is 23.3. The number of aliphatic hydroxyl groups excluding tert-OH is 1. The van der Waals surface area contributed by atoms with Crippen molar-refractivity contribution in [2.75, 3.05) is 46.0 Å². The highest BCUT2D eigenvalue weighted by Crippen LogP contribution is 2.45. The van der Waals surface area contributed by atoms with Gasteiger partial charge in [0, 0.05) is 51.2 Å². The van der Waals surface area contributed by atoms with Crippen molar-refractivity contribution in [2.24, 2.45) is 11.3 Å². The lowest BCUT2D eigenvalue weighted by molar-refractivity contribution is -0.142. The van der Waals surface area contributed by atoms with Gasteiger partial charge in [0.05, 0.1) is 0 Å². The summed E-state index contributed by atoms with van der Waals surface area (Å²) in [6.45, 7) is 7.22. The Morgan fingerprint density at radius 2 is 2.12 bits per heavy atom. The molecule has 0 saturated carbocycles. The van der Waals surface area contributed by atoms with Crippen LogP contribution in [0.25, 0.3) is 0 Å². The van der Waals surface area contributed by atoms with Gasteiger partial charge in [0.2, 0.25) is 5.91 Å². The van der Waals surface area contributed by atoms with Gasteiger partial charge in [-0.05, 0) is 56.3 Å². The van der Waals surface area contributed by atoms with Gasteiger partial charge >= 0.3 is 0 Å². The number of piperidine rings is 2. The minimum absolute atomic E-state index is 0.0502. The third-order valence-electron chi connectivity index (χ3n) is 6.17. The van der Waals surface area contributed by atoms with E-state index in [0.717, 1.165) is 45.4 Å². The molecule has 6 nitrogen and oxygen atoms in total. The van der Waals surface area contributed by atoms with E-state index in [4.69, 9.17) is 4.74 Å². The molecule has 1 N–H and O–H groups in total. The molecular weight excluding hydrogens is 330 g/mol. The molecule has 1 amide bonds. The van der Waals surface area contributed by atoms with Crippen LogP contribution in [-0.4, -0.2) is 71.8 Å². The number of ether oxygens (including phenoxy) is 1. The number of nitrogens with zero attached hydrogens (tertiary/aromatic N) is 3. The summed E-state index contributed by atoms with van der Waals surface area (Å²) < 4.78 is 5.26. The summed E-state index contributed by atoms with van der Waals surface area (Å²) in [7, 11) is 0. The lowest BCUT2D eigenvalue weighted by Crippen LogP contribution is -2.55. The Kier molecular flexibility index (Phi) is 6.62. The molecule has 0 aliphatic carbocycles. The van der Waals surface area contributed by atoms with Crippen molar-refractivity contribution in [1.29, 1.82) is 0 Å². The maximum Gasteiger partial charge on any atom is 0.248 e. The van der Waals surface area contributed by atoms with Gasteiger partial charge in [-0.25, -0.2) is 0 Å². The zero-order valence-electron chi connectivity index (χ0n) is 15.8. The van der Waals surface area contributed by atoms with E-state index in [9.17, 15) is 9.90 Å². The minimum atomic E-state index is 0.0502. The van der Waals surface area contributed by atoms with Crippen molar-refractivity contribution in [3.8, 4) is 0 Å². The van der Waals surface area contributed by atoms with Crippen molar-refractivity contribution in [1.82, 2.24) is 14.8 Å². The average molecular weight is 361 g/mol. The molecule has 1 spiro atoms. The molecule has 6 heteroatoms. The average Bonchev–Trinajstić information content (AvgIpc) is 2.69. The topological polar surface area (TPSA) is 65.9 Å². The number of carbonyl (C=O) groups excluding carboxylic acids is 1. The number of rotatable bonds is 6. The van der Waals surface area contributed by atoms with Crippen molar-refractivity contribution >= 4 is 5.91 Å². The Bertz CT molecular complexity index is 573. The van der Waals surface area contributed by atoms with Crippen LogP contribution in [0.1, 0.15) is 31.7 Å². The quantitative estimate of drug-likeness (QED) is 0.833. The van der Waals surface area contributed by atoms with E-state index in [1.807, 2.05) is 24.1 Å². The minimum Gasteiger partial charge on any atom is -0.396 e. The maximum absolute atomic E-state index is 12.3. The number of amides is 1. The smallest absolute Gasteiger partial charge is 0.248 e. The third-order valence-corrected chi connectivity index (χ3v) is 6.17. The second-order valence-corrected chi connectivity index (χ2v) is 7.61. The molecule has 0 bridgehead atoms. The summed E-state index contributed by atoms with van der Waals surface area (Å²) >= 11 is 0. The predicted molar refractivity (Wildman–Crippen MR) is 99.4 cm³/mol. The first kappa shape index (κ1) is 19.3. The van der Waals surface area contributed by atoms with E-state index in [-0.39, 0.29) is 30.5 Å². The molecule has 2 aliphatic heterocycles. The van der Waals surface area contributed by atoms with Crippen LogP contribution in [-0.2, 0) is 16.1 Å². The Morgan fingerprint density at radius 3 is 2.77 bits per heavy atom. The summed E-state index contributed by atoms with van der Waals surface area (Å²) in [5, 5.41) is 9.99. The molecule has 144 valence electrons. The molecule has 1 aromatic heterocycles. The van der Waals surface area contributed by atoms with E-state index in [0.29, 0.717) is 13.2 Å². The zero-order valence-corrected chi connectivity index (χ0v) is 15.8. The van der Waals surface area contributed by atoms with Gasteiger partial charge in [-0.2, -0.15) is 0 Å². The van der Waals surface area contributed by atoms with E-state index < -0.39 is 0 Å². The van der Waals surface area contributed by atoms with E-state index in [1.165, 1.54) is 5.56 Å². The number of aromatic nitrogens is 1. The second kappa shape index (κ2) is 8.93. The predicted octanol–water partition coefficient (Wildman–Crippen LogP) is 1.54. The van der Waals surface area contributed by atoms with Gasteiger partial charge in [0.1, 0.15) is 6.61 Å². The SMILES string of the molecule is CCOCC(=O)N1CCC2(CCN(Cc3cccnc3)CC2)[C@H](CO)C1. The van der Waals surface area contributed by atoms with E-state index >= 15 is 0 Å². The zero-order chi connectivity index (χ0) is 18.4. The maximum atomic E-state index is 12.3. The van der Waals surface area contributed by atoms with Crippen LogP contribution in [0, 0.1) is 11.3 Å².